The van der Waals surface area contributed by atoms with Crippen LogP contribution < -0.4 is 4.74 Å². The van der Waals surface area contributed by atoms with Crippen molar-refractivity contribution in [1.29, 1.82) is 0 Å². The fourth-order valence-electron chi connectivity index (χ4n) is 3.31. The Morgan fingerprint density at radius 2 is 1.90 bits per heavy atom. The highest BCUT2D eigenvalue weighted by molar-refractivity contribution is 6.14. The van der Waals surface area contributed by atoms with Crippen molar-refractivity contribution in [3.63, 3.8) is 0 Å². The molecule has 0 radical (unpaired) electrons. The molecule has 0 spiro atoms. The van der Waals surface area contributed by atoms with Gasteiger partial charge >= 0.3 is 0 Å². The number of rotatable bonds is 1. The summed E-state index contributed by atoms with van der Waals surface area (Å²) in [6.45, 7) is 2.17. The number of pyridine rings is 1. The van der Waals surface area contributed by atoms with Crippen LogP contribution in [0.3, 0.4) is 0 Å². The second kappa shape index (κ2) is 4.22. The van der Waals surface area contributed by atoms with Crippen molar-refractivity contribution in [2.24, 2.45) is 7.05 Å². The quantitative estimate of drug-likeness (QED) is 0.521. The van der Waals surface area contributed by atoms with Gasteiger partial charge in [-0.05, 0) is 48.2 Å². The third kappa shape index (κ3) is 1.57. The van der Waals surface area contributed by atoms with E-state index in [4.69, 9.17) is 4.74 Å². The molecular formula is C18H16N2O. The first-order valence-corrected chi connectivity index (χ1v) is 7.00. The largest absolute Gasteiger partial charge is 0.497 e. The van der Waals surface area contributed by atoms with Crippen LogP contribution in [0.4, 0.5) is 0 Å². The highest BCUT2D eigenvalue weighted by atomic mass is 16.5. The SMILES string of the molecule is COc1ccc2c(c1)c1cc3ccncc3c(C)c1n2C. The zero-order valence-electron chi connectivity index (χ0n) is 12.3. The first kappa shape index (κ1) is 12.2. The summed E-state index contributed by atoms with van der Waals surface area (Å²) in [5, 5.41) is 4.93. The van der Waals surface area contributed by atoms with Crippen LogP contribution in [0, 0.1) is 6.92 Å². The van der Waals surface area contributed by atoms with E-state index < -0.39 is 0 Å². The summed E-state index contributed by atoms with van der Waals surface area (Å²) in [6, 6.07) is 10.6. The number of fused-ring (bicyclic) bond motifs is 4. The van der Waals surface area contributed by atoms with Gasteiger partial charge in [-0.1, -0.05) is 0 Å². The van der Waals surface area contributed by atoms with Gasteiger partial charge < -0.3 is 9.30 Å². The van der Waals surface area contributed by atoms with Gasteiger partial charge in [0.05, 0.1) is 12.6 Å². The van der Waals surface area contributed by atoms with Crippen LogP contribution in [0.5, 0.6) is 5.75 Å². The number of hydrogen-bond donors (Lipinski definition) is 0. The molecule has 0 aliphatic heterocycles. The number of aryl methyl sites for hydroxylation is 2. The molecule has 0 N–H and O–H groups in total. The van der Waals surface area contributed by atoms with E-state index in [2.05, 4.69) is 47.8 Å². The third-order valence-corrected chi connectivity index (χ3v) is 4.36. The molecule has 0 fully saturated rings. The minimum absolute atomic E-state index is 0.891. The molecule has 0 aliphatic rings. The van der Waals surface area contributed by atoms with E-state index in [-0.39, 0.29) is 0 Å². The van der Waals surface area contributed by atoms with Gasteiger partial charge in [-0.15, -0.1) is 0 Å². The Morgan fingerprint density at radius 1 is 1.05 bits per heavy atom. The summed E-state index contributed by atoms with van der Waals surface area (Å²) in [6.07, 6.45) is 3.79. The Balaban J connectivity index is 2.28. The molecule has 0 amide bonds. The van der Waals surface area contributed by atoms with Gasteiger partial charge in [0.25, 0.3) is 0 Å². The van der Waals surface area contributed by atoms with Gasteiger partial charge in [-0.3, -0.25) is 4.98 Å². The van der Waals surface area contributed by atoms with Crippen LogP contribution in [-0.2, 0) is 7.05 Å². The van der Waals surface area contributed by atoms with Crippen LogP contribution >= 0.6 is 0 Å². The second-order valence-electron chi connectivity index (χ2n) is 5.44. The molecule has 2 aromatic heterocycles. The summed E-state index contributed by atoms with van der Waals surface area (Å²) in [5.74, 6) is 0.891. The molecule has 0 aliphatic carbocycles. The number of aromatic nitrogens is 2. The van der Waals surface area contributed by atoms with Crippen molar-refractivity contribution in [3.05, 3.63) is 48.3 Å². The maximum atomic E-state index is 5.38. The molecule has 0 saturated heterocycles. The zero-order chi connectivity index (χ0) is 14.6. The maximum absolute atomic E-state index is 5.38. The summed E-state index contributed by atoms with van der Waals surface area (Å²) < 4.78 is 7.63. The lowest BCUT2D eigenvalue weighted by Gasteiger charge is -2.06. The number of ether oxygens (including phenoxy) is 1. The Kier molecular flexibility index (Phi) is 2.45. The van der Waals surface area contributed by atoms with Gasteiger partial charge in [-0.25, -0.2) is 0 Å². The Morgan fingerprint density at radius 3 is 2.71 bits per heavy atom. The molecule has 3 heteroatoms. The summed E-state index contributed by atoms with van der Waals surface area (Å²) in [7, 11) is 3.82. The Labute approximate surface area is 122 Å². The molecule has 104 valence electrons. The number of nitrogens with zero attached hydrogens (tertiary/aromatic N) is 2. The van der Waals surface area contributed by atoms with Gasteiger partial charge in [0, 0.05) is 41.1 Å². The fraction of sp³-hybridized carbons (Fsp3) is 0.167. The standard InChI is InChI=1S/C18H16N2O/c1-11-16-10-19-7-6-12(16)8-15-14-9-13(21-3)4-5-17(14)20(2)18(11)15/h4-10H,1-3H3. The topological polar surface area (TPSA) is 27.1 Å². The lowest BCUT2D eigenvalue weighted by molar-refractivity contribution is 0.415. The second-order valence-corrected chi connectivity index (χ2v) is 5.44. The first-order valence-electron chi connectivity index (χ1n) is 7.00. The van der Waals surface area contributed by atoms with Crippen molar-refractivity contribution in [2.45, 2.75) is 6.92 Å². The van der Waals surface area contributed by atoms with Gasteiger partial charge in [0.15, 0.2) is 0 Å². The van der Waals surface area contributed by atoms with E-state index in [0.717, 1.165) is 5.75 Å². The van der Waals surface area contributed by atoms with Crippen LogP contribution in [0.2, 0.25) is 0 Å². The average Bonchev–Trinajstić information content (AvgIpc) is 2.80. The highest BCUT2D eigenvalue weighted by Gasteiger charge is 2.13. The minimum atomic E-state index is 0.891. The first-order chi connectivity index (χ1) is 10.2. The normalized spacial score (nSPS) is 11.6. The van der Waals surface area contributed by atoms with Crippen molar-refractivity contribution in [2.75, 3.05) is 7.11 Å². The lowest BCUT2D eigenvalue weighted by atomic mass is 10.0. The summed E-state index contributed by atoms with van der Waals surface area (Å²) >= 11 is 0. The lowest BCUT2D eigenvalue weighted by Crippen LogP contribution is -1.90. The van der Waals surface area contributed by atoms with Crippen molar-refractivity contribution in [1.82, 2.24) is 9.55 Å². The molecule has 2 heterocycles. The van der Waals surface area contributed by atoms with Crippen molar-refractivity contribution >= 4 is 32.6 Å². The molecule has 4 rings (SSSR count). The molecular weight excluding hydrogens is 260 g/mol. The number of methoxy groups -OCH3 is 1. The van der Waals surface area contributed by atoms with E-state index in [1.54, 1.807) is 7.11 Å². The van der Waals surface area contributed by atoms with Gasteiger partial charge in [0.1, 0.15) is 5.75 Å². The van der Waals surface area contributed by atoms with E-state index in [1.165, 1.54) is 38.1 Å². The van der Waals surface area contributed by atoms with Crippen LogP contribution in [0.15, 0.2) is 42.7 Å². The van der Waals surface area contributed by atoms with Crippen LogP contribution in [0.1, 0.15) is 5.56 Å². The minimum Gasteiger partial charge on any atom is -0.497 e. The third-order valence-electron chi connectivity index (χ3n) is 4.36. The molecule has 0 saturated carbocycles. The van der Waals surface area contributed by atoms with E-state index in [1.807, 2.05) is 18.5 Å². The number of hydrogen-bond acceptors (Lipinski definition) is 2. The number of benzene rings is 2. The molecule has 0 bridgehead atoms. The van der Waals surface area contributed by atoms with Crippen LogP contribution in [0.25, 0.3) is 32.6 Å². The molecule has 0 unspecified atom stereocenters. The molecule has 3 nitrogen and oxygen atoms in total. The Hall–Kier alpha value is -2.55. The van der Waals surface area contributed by atoms with Gasteiger partial charge in [0.2, 0.25) is 0 Å². The summed E-state index contributed by atoms with van der Waals surface area (Å²) in [4.78, 5) is 4.26. The molecule has 21 heavy (non-hydrogen) atoms. The average molecular weight is 276 g/mol. The predicted molar refractivity (Wildman–Crippen MR) is 87.0 cm³/mol. The van der Waals surface area contributed by atoms with Crippen molar-refractivity contribution in [3.8, 4) is 5.75 Å². The molecule has 2 aromatic carbocycles. The van der Waals surface area contributed by atoms with E-state index >= 15 is 0 Å². The highest BCUT2D eigenvalue weighted by Crippen LogP contribution is 2.35. The predicted octanol–water partition coefficient (Wildman–Crippen LogP) is 4.20. The molecule has 4 aromatic rings. The monoisotopic (exact) mass is 276 g/mol. The summed E-state index contributed by atoms with van der Waals surface area (Å²) in [5.41, 5.74) is 3.75. The smallest absolute Gasteiger partial charge is 0.119 e. The van der Waals surface area contributed by atoms with Gasteiger partial charge in [-0.2, -0.15) is 0 Å². The fourth-order valence-corrected chi connectivity index (χ4v) is 3.31. The molecule has 0 atom stereocenters. The van der Waals surface area contributed by atoms with E-state index in [0.29, 0.717) is 0 Å². The zero-order valence-corrected chi connectivity index (χ0v) is 12.3. The van der Waals surface area contributed by atoms with Crippen molar-refractivity contribution < 1.29 is 4.74 Å². The maximum Gasteiger partial charge on any atom is 0.119 e. The van der Waals surface area contributed by atoms with E-state index in [9.17, 15) is 0 Å². The Bertz CT molecular complexity index is 999. The van der Waals surface area contributed by atoms with Crippen LogP contribution in [-0.4, -0.2) is 16.7 Å².